The van der Waals surface area contributed by atoms with Crippen molar-refractivity contribution >= 4 is 23.5 Å². The maximum atomic E-state index is 13.7. The maximum absolute atomic E-state index is 13.7. The first-order chi connectivity index (χ1) is 10.4. The second-order valence-electron chi connectivity index (χ2n) is 4.50. The molecule has 0 unspecified atom stereocenters. The predicted molar refractivity (Wildman–Crippen MR) is 83.7 cm³/mol. The molecule has 0 aliphatic carbocycles. The van der Waals surface area contributed by atoms with Crippen LogP contribution in [0.5, 0.6) is 0 Å². The van der Waals surface area contributed by atoms with Crippen molar-refractivity contribution in [3.8, 4) is 0 Å². The normalized spacial score (nSPS) is 14.0. The van der Waals surface area contributed by atoms with Crippen LogP contribution in [0.15, 0.2) is 12.1 Å². The molecule has 0 saturated carbocycles. The number of urea groups is 1. The molecule has 1 aliphatic rings. The van der Waals surface area contributed by atoms with Crippen molar-refractivity contribution < 1.29 is 14.0 Å². The van der Waals surface area contributed by atoms with E-state index >= 15 is 0 Å². The highest BCUT2D eigenvalue weighted by molar-refractivity contribution is 6.12. The molecule has 0 radical (unpaired) electrons. The van der Waals surface area contributed by atoms with Gasteiger partial charge in [0.05, 0.1) is 0 Å². The Hall–Kier alpha value is -2.44. The highest BCUT2D eigenvalue weighted by Crippen LogP contribution is 2.22. The summed E-state index contributed by atoms with van der Waals surface area (Å²) in [4.78, 5) is 23.9. The molecule has 2 rings (SSSR count). The van der Waals surface area contributed by atoms with Gasteiger partial charge in [-0.15, -0.1) is 0 Å². The molecule has 0 aromatic heterocycles. The molecule has 3 N–H and O–H groups in total. The zero-order valence-corrected chi connectivity index (χ0v) is 13.2. The van der Waals surface area contributed by atoms with Crippen molar-refractivity contribution in [2.24, 2.45) is 0 Å². The van der Waals surface area contributed by atoms with Crippen LogP contribution >= 0.6 is 0 Å². The number of anilines is 1. The van der Waals surface area contributed by atoms with Gasteiger partial charge in [-0.2, -0.15) is 0 Å². The summed E-state index contributed by atoms with van der Waals surface area (Å²) in [6.45, 7) is 5.73. The quantitative estimate of drug-likeness (QED) is 0.579. The highest BCUT2D eigenvalue weighted by Gasteiger charge is 2.28. The number of carbonyl (C=O) groups excluding carboxylic acids is 2. The van der Waals surface area contributed by atoms with Crippen LogP contribution in [0.1, 0.15) is 31.4 Å². The number of amides is 3. The molecule has 1 aromatic rings. The number of carbonyl (C=O) groups is 2. The Morgan fingerprint density at radius 1 is 1.36 bits per heavy atom. The van der Waals surface area contributed by atoms with Gasteiger partial charge < -0.3 is 5.32 Å². The number of aryl methyl sites for hydroxylation is 1. The Kier molecular flexibility index (Phi) is 6.03. The number of amidine groups is 1. The van der Waals surface area contributed by atoms with Gasteiger partial charge in [-0.05, 0) is 24.6 Å². The second-order valence-corrected chi connectivity index (χ2v) is 4.50. The molecule has 0 atom stereocenters. The summed E-state index contributed by atoms with van der Waals surface area (Å²) in [5.41, 5.74) is 1.28. The molecule has 7 heteroatoms. The fourth-order valence-electron chi connectivity index (χ4n) is 2.01. The topological polar surface area (TPSA) is 85.3 Å². The molecule has 1 aromatic carbocycles. The van der Waals surface area contributed by atoms with E-state index < -0.39 is 11.8 Å². The summed E-state index contributed by atoms with van der Waals surface area (Å²) in [6.07, 6.45) is 0.122. The van der Waals surface area contributed by atoms with E-state index in [2.05, 4.69) is 10.6 Å². The third-order valence-electron chi connectivity index (χ3n) is 3.15. The molecule has 120 valence electrons. The van der Waals surface area contributed by atoms with Crippen molar-refractivity contribution in [3.63, 3.8) is 0 Å². The summed E-state index contributed by atoms with van der Waals surface area (Å²) in [7, 11) is 1.66. The van der Waals surface area contributed by atoms with E-state index in [1.807, 2.05) is 13.8 Å². The number of halogens is 1. The summed E-state index contributed by atoms with van der Waals surface area (Å²) in [5, 5.41) is 13.1. The standard InChI is InChI=1S/C13H15FN4O2.C2H6/c1-7-5-10(16-2)8(6-9(7)14)12(15)18-4-3-11(19)17-13(18)20;1-2/h5-6,15-16H,3-4H2,1-2H3,(H,17,19,20);1-2H3. The Morgan fingerprint density at radius 2 is 2.00 bits per heavy atom. The summed E-state index contributed by atoms with van der Waals surface area (Å²) in [6, 6.07) is 2.13. The Morgan fingerprint density at radius 3 is 2.55 bits per heavy atom. The zero-order valence-electron chi connectivity index (χ0n) is 13.2. The van der Waals surface area contributed by atoms with Crippen LogP contribution in [0.3, 0.4) is 0 Å². The van der Waals surface area contributed by atoms with E-state index in [0.29, 0.717) is 11.3 Å². The molecule has 0 bridgehead atoms. The Labute approximate surface area is 129 Å². The average molecular weight is 308 g/mol. The monoisotopic (exact) mass is 308 g/mol. The molecule has 1 heterocycles. The van der Waals surface area contributed by atoms with Gasteiger partial charge in [-0.1, -0.05) is 13.8 Å². The zero-order chi connectivity index (χ0) is 16.9. The van der Waals surface area contributed by atoms with Gasteiger partial charge in [0.1, 0.15) is 11.7 Å². The minimum Gasteiger partial charge on any atom is -0.388 e. The number of hydrogen-bond donors (Lipinski definition) is 3. The minimum absolute atomic E-state index is 0.113. The minimum atomic E-state index is -0.658. The lowest BCUT2D eigenvalue weighted by atomic mass is 10.1. The molecule has 0 spiro atoms. The molecule has 1 aliphatic heterocycles. The number of nitrogens with one attached hydrogen (secondary N) is 3. The van der Waals surface area contributed by atoms with E-state index in [4.69, 9.17) is 5.41 Å². The number of imide groups is 1. The van der Waals surface area contributed by atoms with E-state index in [0.717, 1.165) is 4.90 Å². The fourth-order valence-corrected chi connectivity index (χ4v) is 2.01. The van der Waals surface area contributed by atoms with Crippen LogP contribution < -0.4 is 10.6 Å². The first-order valence-electron chi connectivity index (χ1n) is 7.12. The molecule has 1 saturated heterocycles. The molecule has 3 amide bonds. The average Bonchev–Trinajstić information content (AvgIpc) is 2.51. The lowest BCUT2D eigenvalue weighted by Crippen LogP contribution is -2.52. The van der Waals surface area contributed by atoms with Crippen molar-refractivity contribution in [2.45, 2.75) is 27.2 Å². The second kappa shape index (κ2) is 7.53. The first kappa shape index (κ1) is 17.6. The molecule has 22 heavy (non-hydrogen) atoms. The van der Waals surface area contributed by atoms with Gasteiger partial charge in [-0.3, -0.25) is 20.4 Å². The van der Waals surface area contributed by atoms with Crippen LogP contribution in [0.2, 0.25) is 0 Å². The van der Waals surface area contributed by atoms with Gasteiger partial charge in [-0.25, -0.2) is 9.18 Å². The molecular formula is C15H21FN4O2. The van der Waals surface area contributed by atoms with E-state index in [9.17, 15) is 14.0 Å². The van der Waals surface area contributed by atoms with Crippen LogP contribution in [0.25, 0.3) is 0 Å². The summed E-state index contributed by atoms with van der Waals surface area (Å²) >= 11 is 0. The third-order valence-corrected chi connectivity index (χ3v) is 3.15. The number of rotatable bonds is 2. The first-order valence-corrected chi connectivity index (χ1v) is 7.12. The van der Waals surface area contributed by atoms with E-state index in [1.54, 1.807) is 20.0 Å². The largest absolute Gasteiger partial charge is 0.388 e. The molecule has 1 fully saturated rings. The van der Waals surface area contributed by atoms with Gasteiger partial charge >= 0.3 is 6.03 Å². The number of hydrogen-bond acceptors (Lipinski definition) is 4. The van der Waals surface area contributed by atoms with Gasteiger partial charge in [0, 0.05) is 31.3 Å². The third kappa shape index (κ3) is 3.60. The summed E-state index contributed by atoms with van der Waals surface area (Å²) < 4.78 is 13.7. The maximum Gasteiger partial charge on any atom is 0.329 e. The van der Waals surface area contributed by atoms with Crippen molar-refractivity contribution in [2.75, 3.05) is 18.9 Å². The predicted octanol–water partition coefficient (Wildman–Crippen LogP) is 2.47. The Bertz CT molecular complexity index is 601. The van der Waals surface area contributed by atoms with Gasteiger partial charge in [0.15, 0.2) is 0 Å². The lowest BCUT2D eigenvalue weighted by molar-refractivity contribution is -0.121. The van der Waals surface area contributed by atoms with Crippen molar-refractivity contribution in [1.82, 2.24) is 10.2 Å². The lowest BCUT2D eigenvalue weighted by Gasteiger charge is -2.27. The number of benzene rings is 1. The van der Waals surface area contributed by atoms with Crippen LogP contribution in [-0.2, 0) is 4.79 Å². The fraction of sp³-hybridized carbons (Fsp3) is 0.400. The van der Waals surface area contributed by atoms with Crippen LogP contribution in [0.4, 0.5) is 14.9 Å². The SMILES string of the molecule is CC.CNc1cc(C)c(F)cc1C(=N)N1CCC(=O)NC1=O. The van der Waals surface area contributed by atoms with Crippen LogP contribution in [-0.4, -0.2) is 36.3 Å². The molecular weight excluding hydrogens is 287 g/mol. The number of nitrogens with zero attached hydrogens (tertiary/aromatic N) is 1. The van der Waals surface area contributed by atoms with Gasteiger partial charge in [0.25, 0.3) is 0 Å². The smallest absolute Gasteiger partial charge is 0.329 e. The van der Waals surface area contributed by atoms with Crippen LogP contribution in [0, 0.1) is 18.2 Å². The molecule has 6 nitrogen and oxygen atoms in total. The van der Waals surface area contributed by atoms with E-state index in [-0.39, 0.29) is 30.3 Å². The highest BCUT2D eigenvalue weighted by atomic mass is 19.1. The van der Waals surface area contributed by atoms with Gasteiger partial charge in [0.2, 0.25) is 5.91 Å². The van der Waals surface area contributed by atoms with Crippen molar-refractivity contribution in [1.29, 1.82) is 5.41 Å². The van der Waals surface area contributed by atoms with Crippen molar-refractivity contribution in [3.05, 3.63) is 29.1 Å². The van der Waals surface area contributed by atoms with E-state index in [1.165, 1.54) is 6.07 Å². The summed E-state index contributed by atoms with van der Waals surface area (Å²) in [5.74, 6) is -0.960. The Balaban J connectivity index is 0.00000116.